The molecule has 0 aromatic rings. The molecule has 0 aromatic heterocycles. The Hall–Kier alpha value is -1.04. The molecule has 2 fully saturated rings. The number of nitriles is 1. The average molecular weight is 206 g/mol. The molecular formula is C12H18N2O. The number of carbonyl (C=O) groups is 1. The molecule has 0 spiro atoms. The lowest BCUT2D eigenvalue weighted by atomic mass is 9.74. The van der Waals surface area contributed by atoms with E-state index in [4.69, 9.17) is 0 Å². The minimum Gasteiger partial charge on any atom is -0.356 e. The van der Waals surface area contributed by atoms with Crippen LogP contribution in [0.1, 0.15) is 38.5 Å². The van der Waals surface area contributed by atoms with E-state index in [-0.39, 0.29) is 17.7 Å². The summed E-state index contributed by atoms with van der Waals surface area (Å²) in [5, 5.41) is 12.1. The molecule has 2 rings (SSSR count). The van der Waals surface area contributed by atoms with Crippen LogP contribution >= 0.6 is 0 Å². The fourth-order valence-corrected chi connectivity index (χ4v) is 2.97. The van der Waals surface area contributed by atoms with Gasteiger partial charge in [0.05, 0.1) is 12.0 Å². The van der Waals surface area contributed by atoms with Crippen LogP contribution in [0.3, 0.4) is 0 Å². The summed E-state index contributed by atoms with van der Waals surface area (Å²) in [5.74, 6) is 1.03. The minimum atomic E-state index is 0.101. The molecule has 1 aliphatic carbocycles. The molecule has 1 amide bonds. The van der Waals surface area contributed by atoms with Crippen molar-refractivity contribution in [1.29, 1.82) is 5.26 Å². The Balaban J connectivity index is 1.97. The van der Waals surface area contributed by atoms with Crippen LogP contribution in [0.25, 0.3) is 0 Å². The van der Waals surface area contributed by atoms with Gasteiger partial charge in [0.15, 0.2) is 0 Å². The predicted molar refractivity (Wildman–Crippen MR) is 56.8 cm³/mol. The van der Waals surface area contributed by atoms with Crippen LogP contribution in [0, 0.1) is 29.1 Å². The van der Waals surface area contributed by atoms with Crippen molar-refractivity contribution in [2.45, 2.75) is 38.5 Å². The fourth-order valence-electron chi connectivity index (χ4n) is 2.97. The number of hydrogen-bond acceptors (Lipinski definition) is 2. The Morgan fingerprint density at radius 3 is 2.53 bits per heavy atom. The Morgan fingerprint density at radius 1 is 1.27 bits per heavy atom. The van der Waals surface area contributed by atoms with Gasteiger partial charge in [-0.05, 0) is 18.8 Å². The third-order valence-electron chi connectivity index (χ3n) is 3.82. The summed E-state index contributed by atoms with van der Waals surface area (Å²) in [5.41, 5.74) is 0. The molecular weight excluding hydrogens is 188 g/mol. The third-order valence-corrected chi connectivity index (χ3v) is 3.82. The van der Waals surface area contributed by atoms with Crippen molar-refractivity contribution in [1.82, 2.24) is 5.32 Å². The summed E-state index contributed by atoms with van der Waals surface area (Å²) in [7, 11) is 0. The molecule has 1 saturated heterocycles. The predicted octanol–water partition coefficient (Wildman–Crippen LogP) is 1.84. The van der Waals surface area contributed by atoms with Crippen LogP contribution in [0.2, 0.25) is 0 Å². The van der Waals surface area contributed by atoms with E-state index in [2.05, 4.69) is 11.4 Å². The van der Waals surface area contributed by atoms with Crippen LogP contribution in [-0.4, -0.2) is 12.5 Å². The lowest BCUT2D eigenvalue weighted by Crippen LogP contribution is -2.25. The highest BCUT2D eigenvalue weighted by molar-refractivity contribution is 5.78. The summed E-state index contributed by atoms with van der Waals surface area (Å²) in [6.07, 6.45) is 6.77. The van der Waals surface area contributed by atoms with Crippen LogP contribution in [0.5, 0.6) is 0 Å². The van der Waals surface area contributed by atoms with E-state index in [1.807, 2.05) is 0 Å². The minimum absolute atomic E-state index is 0.101. The summed E-state index contributed by atoms with van der Waals surface area (Å²) in [6, 6.07) is 2.44. The van der Waals surface area contributed by atoms with E-state index in [1.165, 1.54) is 32.1 Å². The number of amides is 1. The standard InChI is InChI=1S/C12H18N2O/c13-7-11(9-4-2-1-3-5-9)10-6-12(15)14-8-10/h9-11H,1-6,8H2,(H,14,15). The maximum absolute atomic E-state index is 11.1. The highest BCUT2D eigenvalue weighted by Crippen LogP contribution is 2.35. The number of rotatable bonds is 2. The first kappa shape index (κ1) is 10.5. The first-order valence-corrected chi connectivity index (χ1v) is 5.97. The van der Waals surface area contributed by atoms with Gasteiger partial charge < -0.3 is 5.32 Å². The fraction of sp³-hybridized carbons (Fsp3) is 0.833. The van der Waals surface area contributed by atoms with Crippen molar-refractivity contribution >= 4 is 5.91 Å². The van der Waals surface area contributed by atoms with Crippen LogP contribution in [-0.2, 0) is 4.79 Å². The molecule has 3 heteroatoms. The monoisotopic (exact) mass is 206 g/mol. The molecule has 15 heavy (non-hydrogen) atoms. The number of hydrogen-bond donors (Lipinski definition) is 1. The Morgan fingerprint density at radius 2 is 2.00 bits per heavy atom. The Labute approximate surface area is 90.8 Å². The second-order valence-corrected chi connectivity index (χ2v) is 4.82. The van der Waals surface area contributed by atoms with Gasteiger partial charge in [-0.2, -0.15) is 5.26 Å². The molecule has 1 N–H and O–H groups in total. The van der Waals surface area contributed by atoms with Crippen molar-refractivity contribution < 1.29 is 4.79 Å². The van der Waals surface area contributed by atoms with Crippen molar-refractivity contribution in [3.8, 4) is 6.07 Å². The van der Waals surface area contributed by atoms with E-state index in [9.17, 15) is 10.1 Å². The summed E-state index contributed by atoms with van der Waals surface area (Å²) in [6.45, 7) is 0.716. The zero-order chi connectivity index (χ0) is 10.7. The maximum atomic E-state index is 11.1. The molecule has 2 atom stereocenters. The summed E-state index contributed by atoms with van der Waals surface area (Å²) >= 11 is 0. The van der Waals surface area contributed by atoms with Crippen molar-refractivity contribution in [3.05, 3.63) is 0 Å². The van der Waals surface area contributed by atoms with Crippen LogP contribution in [0.4, 0.5) is 0 Å². The molecule has 1 aliphatic heterocycles. The zero-order valence-electron chi connectivity index (χ0n) is 9.04. The van der Waals surface area contributed by atoms with Crippen molar-refractivity contribution in [2.24, 2.45) is 17.8 Å². The normalized spacial score (nSPS) is 29.5. The zero-order valence-corrected chi connectivity index (χ0v) is 9.04. The first-order valence-electron chi connectivity index (χ1n) is 5.97. The molecule has 0 radical (unpaired) electrons. The van der Waals surface area contributed by atoms with Crippen LogP contribution in [0.15, 0.2) is 0 Å². The van der Waals surface area contributed by atoms with Crippen molar-refractivity contribution in [3.63, 3.8) is 0 Å². The van der Waals surface area contributed by atoms with Gasteiger partial charge in [0.1, 0.15) is 0 Å². The van der Waals surface area contributed by atoms with Gasteiger partial charge in [-0.25, -0.2) is 0 Å². The van der Waals surface area contributed by atoms with Gasteiger partial charge in [-0.15, -0.1) is 0 Å². The highest BCUT2D eigenvalue weighted by Gasteiger charge is 2.34. The van der Waals surface area contributed by atoms with Crippen LogP contribution < -0.4 is 5.32 Å². The Bertz CT molecular complexity index is 276. The lowest BCUT2D eigenvalue weighted by molar-refractivity contribution is -0.119. The molecule has 82 valence electrons. The molecule has 0 bridgehead atoms. The van der Waals surface area contributed by atoms with Crippen molar-refractivity contribution in [2.75, 3.05) is 6.54 Å². The third kappa shape index (κ3) is 2.31. The second kappa shape index (κ2) is 4.65. The Kier molecular flexibility index (Phi) is 3.25. The quantitative estimate of drug-likeness (QED) is 0.749. The van der Waals surface area contributed by atoms with E-state index in [1.54, 1.807) is 0 Å². The summed E-state index contributed by atoms with van der Waals surface area (Å²) in [4.78, 5) is 11.1. The van der Waals surface area contributed by atoms with Gasteiger partial charge in [-0.3, -0.25) is 4.79 Å². The molecule has 1 saturated carbocycles. The molecule has 2 unspecified atom stereocenters. The molecule has 0 aromatic carbocycles. The van der Waals surface area contributed by atoms with Gasteiger partial charge in [0.25, 0.3) is 0 Å². The molecule has 3 nitrogen and oxygen atoms in total. The molecule has 1 heterocycles. The van der Waals surface area contributed by atoms with E-state index in [0.717, 1.165) is 0 Å². The molecule has 2 aliphatic rings. The topological polar surface area (TPSA) is 52.9 Å². The lowest BCUT2D eigenvalue weighted by Gasteiger charge is -2.28. The van der Waals surface area contributed by atoms with E-state index in [0.29, 0.717) is 18.9 Å². The van der Waals surface area contributed by atoms with E-state index < -0.39 is 0 Å². The maximum Gasteiger partial charge on any atom is 0.220 e. The van der Waals surface area contributed by atoms with Gasteiger partial charge in [0, 0.05) is 18.9 Å². The number of nitrogens with zero attached hydrogens (tertiary/aromatic N) is 1. The smallest absolute Gasteiger partial charge is 0.220 e. The average Bonchev–Trinajstić information content (AvgIpc) is 2.68. The van der Waals surface area contributed by atoms with Gasteiger partial charge in [0.2, 0.25) is 5.91 Å². The van der Waals surface area contributed by atoms with Gasteiger partial charge >= 0.3 is 0 Å². The second-order valence-electron chi connectivity index (χ2n) is 4.82. The number of nitrogens with one attached hydrogen (secondary N) is 1. The highest BCUT2D eigenvalue weighted by atomic mass is 16.1. The van der Waals surface area contributed by atoms with E-state index >= 15 is 0 Å². The number of carbonyl (C=O) groups excluding carboxylic acids is 1. The first-order chi connectivity index (χ1) is 7.31. The largest absolute Gasteiger partial charge is 0.356 e. The van der Waals surface area contributed by atoms with Gasteiger partial charge in [-0.1, -0.05) is 19.3 Å². The summed E-state index contributed by atoms with van der Waals surface area (Å²) < 4.78 is 0. The SMILES string of the molecule is N#CC(C1CCCCC1)C1CNC(=O)C1.